The lowest BCUT2D eigenvalue weighted by Gasteiger charge is -2.54. The molecule has 0 spiro atoms. The minimum atomic E-state index is 0.323. The molecule has 0 aromatic carbocycles. The van der Waals surface area contributed by atoms with Crippen molar-refractivity contribution in [2.24, 2.45) is 11.3 Å². The second-order valence-corrected chi connectivity index (χ2v) is 7.97. The molecular weight excluding hydrogens is 290 g/mol. The second-order valence-electron chi connectivity index (χ2n) is 7.97. The van der Waals surface area contributed by atoms with Gasteiger partial charge >= 0.3 is 0 Å². The van der Waals surface area contributed by atoms with Crippen molar-refractivity contribution in [1.82, 2.24) is 15.4 Å². The molecule has 2 fully saturated rings. The van der Waals surface area contributed by atoms with Crippen LogP contribution in [0.4, 0.5) is 0 Å². The standard InChI is InChI=1S/C18H31N3O2/c1-18(2)13(9-15-11-16(12-22-4)23-20-15)10-17(18)19-14-5-7-21(3)8-6-14/h11,13-14,17,19H,5-10,12H2,1-4H3. The van der Waals surface area contributed by atoms with Crippen LogP contribution in [0.5, 0.6) is 0 Å². The highest BCUT2D eigenvalue weighted by atomic mass is 16.5. The number of ether oxygens (including phenoxy) is 1. The first kappa shape index (κ1) is 16.9. The van der Waals surface area contributed by atoms with E-state index in [1.165, 1.54) is 32.4 Å². The molecule has 2 heterocycles. The molecule has 3 rings (SSSR count). The largest absolute Gasteiger partial charge is 0.377 e. The predicted octanol–water partition coefficient (Wildman–Crippen LogP) is 2.46. The number of nitrogens with zero attached hydrogens (tertiary/aromatic N) is 2. The second kappa shape index (κ2) is 6.91. The summed E-state index contributed by atoms with van der Waals surface area (Å²) in [6.07, 6.45) is 4.80. The van der Waals surface area contributed by atoms with Crippen LogP contribution in [-0.2, 0) is 17.8 Å². The average molecular weight is 321 g/mol. The number of hydrogen-bond donors (Lipinski definition) is 1. The normalized spacial score (nSPS) is 28.7. The third-order valence-electron chi connectivity index (χ3n) is 5.98. The molecule has 1 saturated heterocycles. The molecule has 0 bridgehead atoms. The first-order chi connectivity index (χ1) is 11.0. The zero-order valence-corrected chi connectivity index (χ0v) is 15.0. The Bertz CT molecular complexity index is 506. The number of nitrogens with one attached hydrogen (secondary N) is 1. The maximum atomic E-state index is 5.31. The van der Waals surface area contributed by atoms with Crippen LogP contribution in [-0.4, -0.2) is 49.4 Å². The number of piperidine rings is 1. The SMILES string of the molecule is COCc1cc(CC2CC(NC3CCN(C)CC3)C2(C)C)no1. The van der Waals surface area contributed by atoms with E-state index in [1.54, 1.807) is 7.11 Å². The van der Waals surface area contributed by atoms with Gasteiger partial charge in [-0.25, -0.2) is 0 Å². The van der Waals surface area contributed by atoms with Crippen LogP contribution < -0.4 is 5.32 Å². The molecule has 2 aliphatic rings. The fraction of sp³-hybridized carbons (Fsp3) is 0.833. The van der Waals surface area contributed by atoms with Crippen molar-refractivity contribution in [1.29, 1.82) is 0 Å². The van der Waals surface area contributed by atoms with E-state index in [9.17, 15) is 0 Å². The summed E-state index contributed by atoms with van der Waals surface area (Å²) in [6, 6.07) is 3.36. The van der Waals surface area contributed by atoms with Gasteiger partial charge in [-0.3, -0.25) is 0 Å². The molecule has 1 N–H and O–H groups in total. The Hall–Kier alpha value is -0.910. The molecule has 1 aromatic rings. The lowest BCUT2D eigenvalue weighted by Crippen LogP contribution is -2.60. The molecule has 0 radical (unpaired) electrons. The van der Waals surface area contributed by atoms with Gasteiger partial charge in [0.2, 0.25) is 0 Å². The first-order valence-electron chi connectivity index (χ1n) is 8.87. The van der Waals surface area contributed by atoms with Gasteiger partial charge in [-0.15, -0.1) is 0 Å². The molecule has 1 aromatic heterocycles. The zero-order chi connectivity index (χ0) is 16.4. The van der Waals surface area contributed by atoms with Crippen LogP contribution >= 0.6 is 0 Å². The summed E-state index contributed by atoms with van der Waals surface area (Å²) in [4.78, 5) is 2.43. The van der Waals surface area contributed by atoms with Gasteiger partial charge in [0.1, 0.15) is 6.61 Å². The van der Waals surface area contributed by atoms with Gasteiger partial charge in [-0.05, 0) is 57.2 Å². The monoisotopic (exact) mass is 321 g/mol. The Morgan fingerprint density at radius 1 is 1.39 bits per heavy atom. The van der Waals surface area contributed by atoms with Crippen LogP contribution in [0.1, 0.15) is 44.6 Å². The molecule has 1 saturated carbocycles. The minimum absolute atomic E-state index is 0.323. The molecule has 2 unspecified atom stereocenters. The molecule has 2 atom stereocenters. The van der Waals surface area contributed by atoms with Crippen LogP contribution in [0.2, 0.25) is 0 Å². The molecule has 1 aliphatic heterocycles. The van der Waals surface area contributed by atoms with Crippen molar-refractivity contribution in [3.63, 3.8) is 0 Å². The molecule has 130 valence electrons. The summed E-state index contributed by atoms with van der Waals surface area (Å²) < 4.78 is 10.4. The van der Waals surface area contributed by atoms with E-state index >= 15 is 0 Å². The van der Waals surface area contributed by atoms with Crippen molar-refractivity contribution < 1.29 is 9.26 Å². The first-order valence-corrected chi connectivity index (χ1v) is 8.87. The lowest BCUT2D eigenvalue weighted by molar-refractivity contribution is 0.00205. The molecule has 23 heavy (non-hydrogen) atoms. The maximum Gasteiger partial charge on any atom is 0.162 e. The summed E-state index contributed by atoms with van der Waals surface area (Å²) >= 11 is 0. The molecule has 5 heteroatoms. The summed E-state index contributed by atoms with van der Waals surface area (Å²) in [5, 5.41) is 8.11. The van der Waals surface area contributed by atoms with Crippen molar-refractivity contribution in [2.45, 2.75) is 58.2 Å². The Labute approximate surface area is 139 Å². The molecule has 1 aliphatic carbocycles. The molecular formula is C18H31N3O2. The van der Waals surface area contributed by atoms with Crippen molar-refractivity contribution in [3.05, 3.63) is 17.5 Å². The quantitative estimate of drug-likeness (QED) is 0.872. The molecule has 5 nitrogen and oxygen atoms in total. The summed E-state index contributed by atoms with van der Waals surface area (Å²) in [6.45, 7) is 7.72. The van der Waals surface area contributed by atoms with Crippen molar-refractivity contribution >= 4 is 0 Å². The number of methoxy groups -OCH3 is 1. The van der Waals surface area contributed by atoms with Gasteiger partial charge in [0.25, 0.3) is 0 Å². The fourth-order valence-electron chi connectivity index (χ4n) is 4.02. The van der Waals surface area contributed by atoms with Gasteiger partial charge in [-0.1, -0.05) is 19.0 Å². The zero-order valence-electron chi connectivity index (χ0n) is 15.0. The summed E-state index contributed by atoms with van der Waals surface area (Å²) in [5.74, 6) is 1.49. The smallest absolute Gasteiger partial charge is 0.162 e. The highest BCUT2D eigenvalue weighted by Gasteiger charge is 2.48. The van der Waals surface area contributed by atoms with Crippen LogP contribution in [0, 0.1) is 11.3 Å². The van der Waals surface area contributed by atoms with E-state index in [4.69, 9.17) is 9.26 Å². The predicted molar refractivity (Wildman–Crippen MR) is 90.3 cm³/mol. The van der Waals surface area contributed by atoms with E-state index in [0.717, 1.165) is 17.9 Å². The fourth-order valence-corrected chi connectivity index (χ4v) is 4.02. The van der Waals surface area contributed by atoms with Gasteiger partial charge < -0.3 is 19.5 Å². The van der Waals surface area contributed by atoms with Crippen molar-refractivity contribution in [2.75, 3.05) is 27.2 Å². The Kier molecular flexibility index (Phi) is 5.09. The number of rotatable bonds is 6. The van der Waals surface area contributed by atoms with Crippen LogP contribution in [0.25, 0.3) is 0 Å². The molecule has 0 amide bonds. The number of likely N-dealkylation sites (tertiary alicyclic amines) is 1. The van der Waals surface area contributed by atoms with E-state index in [0.29, 0.717) is 30.0 Å². The summed E-state index contributed by atoms with van der Waals surface area (Å²) in [7, 11) is 3.89. The summed E-state index contributed by atoms with van der Waals surface area (Å²) in [5.41, 5.74) is 1.39. The third kappa shape index (κ3) is 3.78. The average Bonchev–Trinajstić information content (AvgIpc) is 2.96. The third-order valence-corrected chi connectivity index (χ3v) is 5.98. The number of hydrogen-bond acceptors (Lipinski definition) is 5. The van der Waals surface area contributed by atoms with Gasteiger partial charge in [0.15, 0.2) is 5.76 Å². The maximum absolute atomic E-state index is 5.31. The van der Waals surface area contributed by atoms with Gasteiger partial charge in [0, 0.05) is 25.3 Å². The van der Waals surface area contributed by atoms with E-state index in [1.807, 2.05) is 6.07 Å². The number of aromatic nitrogens is 1. The minimum Gasteiger partial charge on any atom is -0.377 e. The van der Waals surface area contributed by atoms with Gasteiger partial charge in [0.05, 0.1) is 5.69 Å². The Morgan fingerprint density at radius 2 is 2.13 bits per heavy atom. The Morgan fingerprint density at radius 3 is 2.78 bits per heavy atom. The lowest BCUT2D eigenvalue weighted by atomic mass is 9.57. The van der Waals surface area contributed by atoms with E-state index in [2.05, 4.69) is 36.3 Å². The van der Waals surface area contributed by atoms with E-state index in [-0.39, 0.29) is 0 Å². The highest BCUT2D eigenvalue weighted by molar-refractivity contribution is 5.11. The highest BCUT2D eigenvalue weighted by Crippen LogP contribution is 2.48. The Balaban J connectivity index is 1.49. The van der Waals surface area contributed by atoms with E-state index < -0.39 is 0 Å². The van der Waals surface area contributed by atoms with Gasteiger partial charge in [-0.2, -0.15) is 0 Å². The topological polar surface area (TPSA) is 50.5 Å². The van der Waals surface area contributed by atoms with Crippen molar-refractivity contribution in [3.8, 4) is 0 Å². The van der Waals surface area contributed by atoms with Crippen LogP contribution in [0.15, 0.2) is 10.6 Å². The van der Waals surface area contributed by atoms with Crippen LogP contribution in [0.3, 0.4) is 0 Å².